The van der Waals surface area contributed by atoms with Gasteiger partial charge >= 0.3 is 0 Å². The highest BCUT2D eigenvalue weighted by Crippen LogP contribution is 2.42. The molecule has 14 heavy (non-hydrogen) atoms. The van der Waals surface area contributed by atoms with Crippen molar-refractivity contribution in [2.45, 2.75) is 32.7 Å². The third-order valence-corrected chi connectivity index (χ3v) is 4.06. The molecule has 0 bridgehead atoms. The molecule has 0 aromatic carbocycles. The third kappa shape index (κ3) is 2.00. The van der Waals surface area contributed by atoms with Crippen molar-refractivity contribution in [1.29, 1.82) is 0 Å². The Hall–Kier alpha value is -0.380. The number of rotatable bonds is 4. The van der Waals surface area contributed by atoms with Crippen LogP contribution in [0.1, 0.15) is 36.2 Å². The maximum Gasteiger partial charge on any atom is 0.0496 e. The Balaban J connectivity index is 2.11. The van der Waals surface area contributed by atoms with Crippen molar-refractivity contribution in [2.75, 3.05) is 0 Å². The maximum atomic E-state index is 5.64. The second kappa shape index (κ2) is 4.01. The van der Waals surface area contributed by atoms with E-state index in [4.69, 9.17) is 5.84 Å². The quantitative estimate of drug-likeness (QED) is 0.592. The van der Waals surface area contributed by atoms with Gasteiger partial charge in [-0.2, -0.15) is 0 Å². The van der Waals surface area contributed by atoms with E-state index in [0.29, 0.717) is 12.0 Å². The number of nitrogens with two attached hydrogens (primary N) is 1. The summed E-state index contributed by atoms with van der Waals surface area (Å²) in [5.74, 6) is 7.18. The summed E-state index contributed by atoms with van der Waals surface area (Å²) in [5.41, 5.74) is 4.32. The van der Waals surface area contributed by atoms with Crippen LogP contribution in [0.2, 0.25) is 0 Å². The smallest absolute Gasteiger partial charge is 0.0496 e. The van der Waals surface area contributed by atoms with Gasteiger partial charge in [-0.25, -0.2) is 0 Å². The van der Waals surface area contributed by atoms with Crippen molar-refractivity contribution in [2.24, 2.45) is 17.7 Å². The minimum absolute atomic E-state index is 0.340. The van der Waals surface area contributed by atoms with E-state index < -0.39 is 0 Å². The number of thiophene rings is 1. The van der Waals surface area contributed by atoms with Crippen LogP contribution in [0.25, 0.3) is 0 Å². The van der Waals surface area contributed by atoms with Gasteiger partial charge < -0.3 is 0 Å². The van der Waals surface area contributed by atoms with Crippen molar-refractivity contribution in [3.8, 4) is 0 Å². The molecule has 1 aliphatic rings. The molecular weight excluding hydrogens is 192 g/mol. The molecule has 1 fully saturated rings. The Morgan fingerprint density at radius 1 is 1.57 bits per heavy atom. The first-order valence-corrected chi connectivity index (χ1v) is 6.11. The van der Waals surface area contributed by atoms with Crippen molar-refractivity contribution in [3.63, 3.8) is 0 Å². The second-order valence-corrected chi connectivity index (χ2v) is 5.45. The highest BCUT2D eigenvalue weighted by atomic mass is 32.1. The summed E-state index contributed by atoms with van der Waals surface area (Å²) in [6.45, 7) is 4.44. The average Bonchev–Trinajstić information content (AvgIpc) is 2.92. The summed E-state index contributed by atoms with van der Waals surface area (Å²) < 4.78 is 0. The van der Waals surface area contributed by atoms with Gasteiger partial charge in [-0.1, -0.05) is 6.92 Å². The molecule has 0 saturated heterocycles. The number of aryl methyl sites for hydroxylation is 1. The van der Waals surface area contributed by atoms with Gasteiger partial charge in [0.15, 0.2) is 0 Å². The second-order valence-electron chi connectivity index (χ2n) is 4.33. The Morgan fingerprint density at radius 3 is 2.71 bits per heavy atom. The molecule has 2 rings (SSSR count). The summed E-state index contributed by atoms with van der Waals surface area (Å²) in [6.07, 6.45) is 2.75. The molecule has 3 N–H and O–H groups in total. The average molecular weight is 210 g/mol. The lowest BCUT2D eigenvalue weighted by molar-refractivity contribution is 0.355. The summed E-state index contributed by atoms with van der Waals surface area (Å²) in [4.78, 5) is 1.36. The van der Waals surface area contributed by atoms with Crippen LogP contribution in [0.4, 0.5) is 0 Å². The van der Waals surface area contributed by atoms with Gasteiger partial charge in [0, 0.05) is 10.9 Å². The molecule has 1 aromatic rings. The first-order chi connectivity index (χ1) is 6.72. The first-order valence-electron chi connectivity index (χ1n) is 5.23. The Kier molecular flexibility index (Phi) is 2.91. The first kappa shape index (κ1) is 10.1. The van der Waals surface area contributed by atoms with Crippen LogP contribution in [0, 0.1) is 18.8 Å². The zero-order valence-electron chi connectivity index (χ0n) is 8.79. The molecular formula is C11H18N2S. The zero-order chi connectivity index (χ0) is 10.1. The molecule has 78 valence electrons. The van der Waals surface area contributed by atoms with E-state index in [9.17, 15) is 0 Å². The van der Waals surface area contributed by atoms with Gasteiger partial charge in [-0.05, 0) is 48.6 Å². The summed E-state index contributed by atoms with van der Waals surface area (Å²) >= 11 is 1.80. The van der Waals surface area contributed by atoms with E-state index in [0.717, 1.165) is 5.92 Å². The normalized spacial score (nSPS) is 20.8. The van der Waals surface area contributed by atoms with E-state index in [1.54, 1.807) is 11.3 Å². The topological polar surface area (TPSA) is 38.0 Å². The molecule has 2 atom stereocenters. The summed E-state index contributed by atoms with van der Waals surface area (Å²) in [5, 5.41) is 2.22. The van der Waals surface area contributed by atoms with Crippen molar-refractivity contribution in [3.05, 3.63) is 21.9 Å². The van der Waals surface area contributed by atoms with E-state index in [1.807, 2.05) is 0 Å². The molecule has 0 amide bonds. The molecule has 1 aromatic heterocycles. The largest absolute Gasteiger partial charge is 0.271 e. The molecule has 1 aliphatic carbocycles. The fraction of sp³-hybridized carbons (Fsp3) is 0.636. The van der Waals surface area contributed by atoms with Gasteiger partial charge in [0.1, 0.15) is 0 Å². The Bertz CT molecular complexity index is 304. The lowest BCUT2D eigenvalue weighted by atomic mass is 9.93. The van der Waals surface area contributed by atoms with Crippen LogP contribution in [0.5, 0.6) is 0 Å². The fourth-order valence-electron chi connectivity index (χ4n) is 2.07. The molecule has 1 heterocycles. The minimum Gasteiger partial charge on any atom is -0.271 e. The van der Waals surface area contributed by atoms with Gasteiger partial charge in [-0.15, -0.1) is 11.3 Å². The minimum atomic E-state index is 0.340. The summed E-state index contributed by atoms with van der Waals surface area (Å²) in [7, 11) is 0. The Labute approximate surface area is 89.5 Å². The number of nitrogens with one attached hydrogen (secondary N) is 1. The van der Waals surface area contributed by atoms with Gasteiger partial charge in [0.25, 0.3) is 0 Å². The number of hydrogen-bond acceptors (Lipinski definition) is 3. The van der Waals surface area contributed by atoms with Gasteiger partial charge in [-0.3, -0.25) is 11.3 Å². The SMILES string of the molecule is Cc1cc(C(NN)C(C)C2CC2)cs1. The molecule has 2 unspecified atom stereocenters. The lowest BCUT2D eigenvalue weighted by Crippen LogP contribution is -2.33. The number of hydrogen-bond donors (Lipinski definition) is 2. The van der Waals surface area contributed by atoms with Crippen molar-refractivity contribution in [1.82, 2.24) is 5.43 Å². The molecule has 0 spiro atoms. The van der Waals surface area contributed by atoms with E-state index >= 15 is 0 Å². The molecule has 1 saturated carbocycles. The molecule has 0 aliphatic heterocycles. The predicted molar refractivity (Wildman–Crippen MR) is 61.0 cm³/mol. The van der Waals surface area contributed by atoms with E-state index in [1.165, 1.54) is 23.3 Å². The highest BCUT2D eigenvalue weighted by Gasteiger charge is 2.33. The molecule has 3 heteroatoms. The molecule has 0 radical (unpaired) electrons. The Morgan fingerprint density at radius 2 is 2.29 bits per heavy atom. The van der Waals surface area contributed by atoms with E-state index in [-0.39, 0.29) is 0 Å². The molecule has 2 nitrogen and oxygen atoms in total. The van der Waals surface area contributed by atoms with Crippen LogP contribution in [0.3, 0.4) is 0 Å². The summed E-state index contributed by atoms with van der Waals surface area (Å²) in [6, 6.07) is 2.58. The van der Waals surface area contributed by atoms with Crippen LogP contribution >= 0.6 is 11.3 Å². The van der Waals surface area contributed by atoms with E-state index in [2.05, 4.69) is 30.7 Å². The fourth-order valence-corrected chi connectivity index (χ4v) is 2.81. The van der Waals surface area contributed by atoms with Crippen LogP contribution in [-0.4, -0.2) is 0 Å². The highest BCUT2D eigenvalue weighted by molar-refractivity contribution is 7.10. The standard InChI is InChI=1S/C11H18N2S/c1-7-5-10(6-14-7)11(13-12)8(2)9-3-4-9/h5-6,8-9,11,13H,3-4,12H2,1-2H3. The lowest BCUT2D eigenvalue weighted by Gasteiger charge is -2.22. The monoisotopic (exact) mass is 210 g/mol. The maximum absolute atomic E-state index is 5.64. The van der Waals surface area contributed by atoms with Gasteiger partial charge in [0.2, 0.25) is 0 Å². The van der Waals surface area contributed by atoms with Crippen LogP contribution in [-0.2, 0) is 0 Å². The van der Waals surface area contributed by atoms with Gasteiger partial charge in [0.05, 0.1) is 0 Å². The third-order valence-electron chi connectivity index (χ3n) is 3.18. The van der Waals surface area contributed by atoms with Crippen molar-refractivity contribution < 1.29 is 0 Å². The zero-order valence-corrected chi connectivity index (χ0v) is 9.60. The number of hydrazine groups is 1. The van der Waals surface area contributed by atoms with Crippen LogP contribution < -0.4 is 11.3 Å². The van der Waals surface area contributed by atoms with Crippen molar-refractivity contribution >= 4 is 11.3 Å². The van der Waals surface area contributed by atoms with Crippen LogP contribution in [0.15, 0.2) is 11.4 Å². The predicted octanol–water partition coefficient (Wildman–Crippen LogP) is 2.61.